The fraction of sp³-hybridized carbons (Fsp3) is 0.148. The lowest BCUT2D eigenvalue weighted by Gasteiger charge is -2.20. The number of carbonyl (C=O) groups excluding carboxylic acids is 2. The minimum Gasteiger partial charge on any atom is -0.457 e. The van der Waals surface area contributed by atoms with Crippen molar-refractivity contribution in [3.63, 3.8) is 0 Å². The quantitative estimate of drug-likeness (QED) is 0.350. The van der Waals surface area contributed by atoms with E-state index in [2.05, 4.69) is 15.6 Å². The van der Waals surface area contributed by atoms with E-state index < -0.39 is 0 Å². The van der Waals surface area contributed by atoms with Crippen LogP contribution in [0.2, 0.25) is 0 Å². The zero-order valence-corrected chi connectivity index (χ0v) is 19.2. The molecule has 1 atom stereocenters. The van der Waals surface area contributed by atoms with Crippen LogP contribution in [0.1, 0.15) is 39.7 Å². The average molecular weight is 470 g/mol. The number of benzene rings is 3. The molecule has 5 rings (SSSR count). The van der Waals surface area contributed by atoms with E-state index in [1.54, 1.807) is 12.1 Å². The zero-order valence-electron chi connectivity index (χ0n) is 18.4. The van der Waals surface area contributed by atoms with E-state index in [-0.39, 0.29) is 17.7 Å². The summed E-state index contributed by atoms with van der Waals surface area (Å²) >= 11 is 1.45. The summed E-state index contributed by atoms with van der Waals surface area (Å²) in [6, 6.07) is 25.9. The number of para-hydroxylation sites is 1. The molecule has 6 nitrogen and oxygen atoms in total. The maximum absolute atomic E-state index is 13.1. The first kappa shape index (κ1) is 21.9. The van der Waals surface area contributed by atoms with Gasteiger partial charge in [-0.05, 0) is 67.8 Å². The van der Waals surface area contributed by atoms with Gasteiger partial charge in [-0.25, -0.2) is 4.98 Å². The number of amides is 2. The molecule has 4 aromatic rings. The molecular formula is C27H23N3O3S. The van der Waals surface area contributed by atoms with Crippen molar-refractivity contribution < 1.29 is 14.3 Å². The summed E-state index contributed by atoms with van der Waals surface area (Å²) in [5.41, 5.74) is 2.04. The summed E-state index contributed by atoms with van der Waals surface area (Å²) < 4.78 is 5.81. The maximum Gasteiger partial charge on any atom is 0.257 e. The van der Waals surface area contributed by atoms with E-state index in [1.807, 2.05) is 72.8 Å². The molecule has 0 aliphatic heterocycles. The minimum atomic E-state index is -0.345. The molecule has 1 aromatic heterocycles. The number of anilines is 2. The van der Waals surface area contributed by atoms with Gasteiger partial charge in [-0.2, -0.15) is 0 Å². The van der Waals surface area contributed by atoms with Crippen LogP contribution in [-0.2, 0) is 11.2 Å². The summed E-state index contributed by atoms with van der Waals surface area (Å²) in [7, 11) is 0. The van der Waals surface area contributed by atoms with Gasteiger partial charge in [0.15, 0.2) is 5.13 Å². The van der Waals surface area contributed by atoms with Gasteiger partial charge in [-0.1, -0.05) is 36.4 Å². The molecular weight excluding hydrogens is 446 g/mol. The van der Waals surface area contributed by atoms with Gasteiger partial charge in [0.1, 0.15) is 11.5 Å². The number of aryl methyl sites for hydroxylation is 1. The Hall–Kier alpha value is -3.97. The van der Waals surface area contributed by atoms with Crippen molar-refractivity contribution in [2.75, 3.05) is 10.6 Å². The first-order valence-electron chi connectivity index (χ1n) is 11.2. The second-order valence-corrected chi connectivity index (χ2v) is 9.10. The highest BCUT2D eigenvalue weighted by Gasteiger charge is 2.30. The smallest absolute Gasteiger partial charge is 0.257 e. The Bertz CT molecular complexity index is 1290. The van der Waals surface area contributed by atoms with Crippen LogP contribution >= 0.6 is 11.3 Å². The van der Waals surface area contributed by atoms with Gasteiger partial charge in [0.25, 0.3) is 5.91 Å². The Balaban J connectivity index is 1.25. The van der Waals surface area contributed by atoms with Gasteiger partial charge in [0, 0.05) is 16.1 Å². The van der Waals surface area contributed by atoms with Crippen molar-refractivity contribution in [2.24, 2.45) is 0 Å². The van der Waals surface area contributed by atoms with Crippen LogP contribution in [-0.4, -0.2) is 16.8 Å². The van der Waals surface area contributed by atoms with Crippen molar-refractivity contribution in [1.29, 1.82) is 0 Å². The van der Waals surface area contributed by atoms with Gasteiger partial charge < -0.3 is 10.1 Å². The standard InChI is InChI=1S/C27H23N3O3S/c31-25(18-8-3-1-4-9-18)30-27-29-24-22(12-7-13-23(24)34-27)26(32)28-19-14-16-21(17-15-19)33-20-10-5-2-6-11-20/h1-6,8-11,14-17,22H,7,12-13H2,(H,28,32)(H,29,30,31). The third-order valence-corrected chi connectivity index (χ3v) is 6.67. The number of hydrogen-bond donors (Lipinski definition) is 2. The number of nitrogens with zero attached hydrogens (tertiary/aromatic N) is 1. The molecule has 1 heterocycles. The Morgan fingerprint density at radius 1 is 0.853 bits per heavy atom. The van der Waals surface area contributed by atoms with E-state index in [4.69, 9.17) is 4.74 Å². The fourth-order valence-corrected chi connectivity index (χ4v) is 5.01. The Morgan fingerprint density at radius 3 is 2.26 bits per heavy atom. The molecule has 2 amide bonds. The predicted molar refractivity (Wildman–Crippen MR) is 134 cm³/mol. The van der Waals surface area contributed by atoms with Crippen molar-refractivity contribution >= 4 is 34.0 Å². The average Bonchev–Trinajstić information content (AvgIpc) is 3.29. The first-order chi connectivity index (χ1) is 16.7. The number of nitrogens with one attached hydrogen (secondary N) is 2. The highest BCUT2D eigenvalue weighted by molar-refractivity contribution is 7.16. The van der Waals surface area contributed by atoms with Crippen LogP contribution in [0.15, 0.2) is 84.9 Å². The van der Waals surface area contributed by atoms with Gasteiger partial charge in [-0.3, -0.25) is 14.9 Å². The first-order valence-corrected chi connectivity index (χ1v) is 12.0. The van der Waals surface area contributed by atoms with Crippen LogP contribution in [0.3, 0.4) is 0 Å². The van der Waals surface area contributed by atoms with Crippen molar-refractivity contribution in [3.05, 3.63) is 101 Å². The number of carbonyl (C=O) groups is 2. The Labute approximate surface area is 201 Å². The molecule has 34 heavy (non-hydrogen) atoms. The molecule has 3 aromatic carbocycles. The summed E-state index contributed by atoms with van der Waals surface area (Å²) in [6.45, 7) is 0. The van der Waals surface area contributed by atoms with E-state index in [0.29, 0.717) is 22.1 Å². The highest BCUT2D eigenvalue weighted by Crippen LogP contribution is 2.37. The topological polar surface area (TPSA) is 80.3 Å². The second-order valence-electron chi connectivity index (χ2n) is 8.02. The van der Waals surface area contributed by atoms with E-state index in [9.17, 15) is 9.59 Å². The lowest BCUT2D eigenvalue weighted by molar-refractivity contribution is -0.117. The fourth-order valence-electron chi connectivity index (χ4n) is 3.95. The molecule has 1 aliphatic rings. The minimum absolute atomic E-state index is 0.0936. The molecule has 0 saturated carbocycles. The van der Waals surface area contributed by atoms with E-state index in [0.717, 1.165) is 35.6 Å². The normalized spacial score (nSPS) is 14.6. The number of thiazole rings is 1. The van der Waals surface area contributed by atoms with E-state index in [1.165, 1.54) is 11.3 Å². The van der Waals surface area contributed by atoms with Gasteiger partial charge in [-0.15, -0.1) is 11.3 Å². The van der Waals surface area contributed by atoms with Gasteiger partial charge in [0.05, 0.1) is 11.6 Å². The molecule has 1 aliphatic carbocycles. The number of rotatable bonds is 6. The van der Waals surface area contributed by atoms with Gasteiger partial charge in [0.2, 0.25) is 5.91 Å². The third-order valence-electron chi connectivity index (χ3n) is 5.63. The van der Waals surface area contributed by atoms with Gasteiger partial charge >= 0.3 is 0 Å². The molecule has 2 N–H and O–H groups in total. The Morgan fingerprint density at radius 2 is 1.53 bits per heavy atom. The molecule has 7 heteroatoms. The zero-order chi connectivity index (χ0) is 23.3. The predicted octanol–water partition coefficient (Wildman–Crippen LogP) is 6.25. The number of aromatic nitrogens is 1. The molecule has 0 fully saturated rings. The summed E-state index contributed by atoms with van der Waals surface area (Å²) in [5, 5.41) is 6.40. The van der Waals surface area contributed by atoms with Crippen molar-refractivity contribution in [3.8, 4) is 11.5 Å². The molecule has 1 unspecified atom stereocenters. The van der Waals surface area contributed by atoms with Crippen LogP contribution in [0.25, 0.3) is 0 Å². The summed E-state index contributed by atoms with van der Waals surface area (Å²) in [6.07, 6.45) is 2.50. The summed E-state index contributed by atoms with van der Waals surface area (Å²) in [4.78, 5) is 31.3. The molecule has 0 spiro atoms. The van der Waals surface area contributed by atoms with Crippen LogP contribution in [0, 0.1) is 0 Å². The number of hydrogen-bond acceptors (Lipinski definition) is 5. The molecule has 0 saturated heterocycles. The lowest BCUT2D eigenvalue weighted by Crippen LogP contribution is -2.24. The molecule has 170 valence electrons. The van der Waals surface area contributed by atoms with Crippen LogP contribution < -0.4 is 15.4 Å². The lowest BCUT2D eigenvalue weighted by atomic mass is 9.90. The van der Waals surface area contributed by atoms with Crippen LogP contribution in [0.5, 0.6) is 11.5 Å². The SMILES string of the molecule is O=C(Nc1nc2c(s1)CCCC2C(=O)Nc1ccc(Oc2ccccc2)cc1)c1ccccc1. The molecule has 0 radical (unpaired) electrons. The van der Waals surface area contributed by atoms with E-state index >= 15 is 0 Å². The maximum atomic E-state index is 13.1. The van der Waals surface area contributed by atoms with Crippen molar-refractivity contribution in [1.82, 2.24) is 4.98 Å². The van der Waals surface area contributed by atoms with Crippen molar-refractivity contribution in [2.45, 2.75) is 25.2 Å². The number of fused-ring (bicyclic) bond motifs is 1. The monoisotopic (exact) mass is 469 g/mol. The summed E-state index contributed by atoms with van der Waals surface area (Å²) in [5.74, 6) is 0.812. The highest BCUT2D eigenvalue weighted by atomic mass is 32.1. The Kier molecular flexibility index (Phi) is 6.35. The molecule has 0 bridgehead atoms. The number of ether oxygens (including phenoxy) is 1. The third kappa shape index (κ3) is 5.00. The largest absolute Gasteiger partial charge is 0.457 e. The second kappa shape index (κ2) is 9.89. The van der Waals surface area contributed by atoms with Crippen LogP contribution in [0.4, 0.5) is 10.8 Å².